The fourth-order valence-electron chi connectivity index (χ4n) is 2.05. The van der Waals surface area contributed by atoms with Gasteiger partial charge in [0.2, 0.25) is 5.91 Å². The molecule has 0 aromatic carbocycles. The Labute approximate surface area is 90.2 Å². The molecule has 0 bridgehead atoms. The number of rotatable bonds is 5. The van der Waals surface area contributed by atoms with Gasteiger partial charge in [0.05, 0.1) is 12.6 Å². The van der Waals surface area contributed by atoms with Gasteiger partial charge in [0.15, 0.2) is 0 Å². The SMILES string of the molecule is NC(=O)C(N)CNC1(CO)CCCCC1. The molecule has 0 saturated heterocycles. The molecule has 1 amide bonds. The molecule has 1 saturated carbocycles. The lowest BCUT2D eigenvalue weighted by atomic mass is 9.82. The number of nitrogens with one attached hydrogen (secondary N) is 1. The Balaban J connectivity index is 2.42. The van der Waals surface area contributed by atoms with E-state index >= 15 is 0 Å². The summed E-state index contributed by atoms with van der Waals surface area (Å²) in [7, 11) is 0. The third-order valence-corrected chi connectivity index (χ3v) is 3.18. The normalized spacial score (nSPS) is 22.3. The van der Waals surface area contributed by atoms with E-state index in [0.717, 1.165) is 25.7 Å². The highest BCUT2D eigenvalue weighted by Gasteiger charge is 2.31. The molecule has 1 atom stereocenters. The van der Waals surface area contributed by atoms with Gasteiger partial charge in [-0.15, -0.1) is 0 Å². The van der Waals surface area contributed by atoms with E-state index in [1.54, 1.807) is 0 Å². The van der Waals surface area contributed by atoms with Crippen LogP contribution in [0.1, 0.15) is 32.1 Å². The lowest BCUT2D eigenvalue weighted by Gasteiger charge is -2.37. The van der Waals surface area contributed by atoms with E-state index in [1.165, 1.54) is 6.42 Å². The first-order chi connectivity index (χ1) is 7.09. The lowest BCUT2D eigenvalue weighted by Crippen LogP contribution is -2.55. The van der Waals surface area contributed by atoms with Crippen LogP contribution in [-0.4, -0.2) is 35.7 Å². The molecule has 5 nitrogen and oxygen atoms in total. The number of primary amides is 1. The van der Waals surface area contributed by atoms with Gasteiger partial charge in [0.25, 0.3) is 0 Å². The molecule has 6 N–H and O–H groups in total. The van der Waals surface area contributed by atoms with Gasteiger partial charge < -0.3 is 21.9 Å². The summed E-state index contributed by atoms with van der Waals surface area (Å²) in [5, 5.41) is 12.6. The van der Waals surface area contributed by atoms with Gasteiger partial charge in [-0.3, -0.25) is 4.79 Å². The Hall–Kier alpha value is -0.650. The van der Waals surface area contributed by atoms with Crippen LogP contribution in [0.3, 0.4) is 0 Å². The van der Waals surface area contributed by atoms with E-state index in [0.29, 0.717) is 6.54 Å². The van der Waals surface area contributed by atoms with Crippen molar-refractivity contribution < 1.29 is 9.90 Å². The summed E-state index contributed by atoms with van der Waals surface area (Å²) < 4.78 is 0. The minimum absolute atomic E-state index is 0.0957. The Bertz CT molecular complexity index is 215. The van der Waals surface area contributed by atoms with Gasteiger partial charge >= 0.3 is 0 Å². The number of carbonyl (C=O) groups is 1. The van der Waals surface area contributed by atoms with Crippen LogP contribution in [0.5, 0.6) is 0 Å². The molecular formula is C10H21N3O2. The first-order valence-corrected chi connectivity index (χ1v) is 5.50. The molecule has 0 aromatic heterocycles. The number of aliphatic hydroxyl groups excluding tert-OH is 1. The van der Waals surface area contributed by atoms with E-state index in [1.807, 2.05) is 0 Å². The van der Waals surface area contributed by atoms with Crippen LogP contribution < -0.4 is 16.8 Å². The summed E-state index contributed by atoms with van der Waals surface area (Å²) in [4.78, 5) is 10.8. The molecule has 15 heavy (non-hydrogen) atoms. The third kappa shape index (κ3) is 3.44. The topological polar surface area (TPSA) is 101 Å². The number of amides is 1. The van der Waals surface area contributed by atoms with Crippen LogP contribution >= 0.6 is 0 Å². The van der Waals surface area contributed by atoms with Gasteiger partial charge in [-0.2, -0.15) is 0 Å². The standard InChI is InChI=1S/C10H21N3O2/c11-8(9(12)15)6-13-10(7-14)4-2-1-3-5-10/h8,13-14H,1-7,11H2,(H2,12,15). The van der Waals surface area contributed by atoms with Crippen molar-refractivity contribution >= 4 is 5.91 Å². The van der Waals surface area contributed by atoms with Crippen molar-refractivity contribution in [3.63, 3.8) is 0 Å². The summed E-state index contributed by atoms with van der Waals surface area (Å²) >= 11 is 0. The summed E-state index contributed by atoms with van der Waals surface area (Å²) in [5.41, 5.74) is 10.4. The Morgan fingerprint density at radius 2 is 2.00 bits per heavy atom. The molecule has 5 heteroatoms. The number of aliphatic hydroxyl groups is 1. The van der Waals surface area contributed by atoms with Crippen molar-refractivity contribution in [2.75, 3.05) is 13.2 Å². The van der Waals surface area contributed by atoms with Crippen molar-refractivity contribution in [2.24, 2.45) is 11.5 Å². The molecule has 1 aliphatic carbocycles. The van der Waals surface area contributed by atoms with Crippen molar-refractivity contribution in [1.29, 1.82) is 0 Å². The van der Waals surface area contributed by atoms with Crippen LogP contribution in [0.2, 0.25) is 0 Å². The zero-order chi connectivity index (χ0) is 11.3. The van der Waals surface area contributed by atoms with Crippen LogP contribution in [-0.2, 0) is 4.79 Å². The average molecular weight is 215 g/mol. The Kier molecular flexibility index (Phi) is 4.50. The molecule has 0 aliphatic heterocycles. The highest BCUT2D eigenvalue weighted by molar-refractivity contribution is 5.79. The first kappa shape index (κ1) is 12.4. The Morgan fingerprint density at radius 3 is 2.47 bits per heavy atom. The zero-order valence-electron chi connectivity index (χ0n) is 9.04. The largest absolute Gasteiger partial charge is 0.394 e. The van der Waals surface area contributed by atoms with Crippen LogP contribution in [0.25, 0.3) is 0 Å². The van der Waals surface area contributed by atoms with E-state index < -0.39 is 11.9 Å². The highest BCUT2D eigenvalue weighted by Crippen LogP contribution is 2.27. The minimum Gasteiger partial charge on any atom is -0.394 e. The molecule has 1 fully saturated rings. The van der Waals surface area contributed by atoms with E-state index in [4.69, 9.17) is 11.5 Å². The van der Waals surface area contributed by atoms with Crippen LogP contribution in [0, 0.1) is 0 Å². The molecule has 0 radical (unpaired) electrons. The quantitative estimate of drug-likeness (QED) is 0.476. The van der Waals surface area contributed by atoms with Gasteiger partial charge in [-0.25, -0.2) is 0 Å². The predicted octanol–water partition coefficient (Wildman–Crippen LogP) is -0.916. The average Bonchev–Trinajstić information content (AvgIpc) is 2.27. The molecule has 0 aromatic rings. The second-order valence-corrected chi connectivity index (χ2v) is 4.39. The van der Waals surface area contributed by atoms with Crippen molar-refractivity contribution in [2.45, 2.75) is 43.7 Å². The molecule has 88 valence electrons. The smallest absolute Gasteiger partial charge is 0.235 e. The second-order valence-electron chi connectivity index (χ2n) is 4.39. The first-order valence-electron chi connectivity index (χ1n) is 5.50. The van der Waals surface area contributed by atoms with E-state index in [9.17, 15) is 9.90 Å². The monoisotopic (exact) mass is 215 g/mol. The maximum Gasteiger partial charge on any atom is 0.235 e. The summed E-state index contributed by atoms with van der Waals surface area (Å²) in [6, 6.07) is -0.671. The fourth-order valence-corrected chi connectivity index (χ4v) is 2.05. The van der Waals surface area contributed by atoms with E-state index in [2.05, 4.69) is 5.32 Å². The van der Waals surface area contributed by atoms with Crippen molar-refractivity contribution in [1.82, 2.24) is 5.32 Å². The van der Waals surface area contributed by atoms with Gasteiger partial charge in [-0.1, -0.05) is 19.3 Å². The van der Waals surface area contributed by atoms with Gasteiger partial charge in [0.1, 0.15) is 0 Å². The van der Waals surface area contributed by atoms with Crippen LogP contribution in [0.4, 0.5) is 0 Å². The second kappa shape index (κ2) is 5.44. The molecular weight excluding hydrogens is 194 g/mol. The molecule has 1 rings (SSSR count). The van der Waals surface area contributed by atoms with Crippen molar-refractivity contribution in [3.8, 4) is 0 Å². The molecule has 0 spiro atoms. The lowest BCUT2D eigenvalue weighted by molar-refractivity contribution is -0.119. The predicted molar refractivity (Wildman–Crippen MR) is 58.1 cm³/mol. The minimum atomic E-state index is -0.671. The molecule has 0 heterocycles. The maximum atomic E-state index is 10.8. The number of hydrogen-bond acceptors (Lipinski definition) is 4. The fraction of sp³-hybridized carbons (Fsp3) is 0.900. The highest BCUT2D eigenvalue weighted by atomic mass is 16.3. The van der Waals surface area contributed by atoms with Gasteiger partial charge in [-0.05, 0) is 12.8 Å². The Morgan fingerprint density at radius 1 is 1.40 bits per heavy atom. The van der Waals surface area contributed by atoms with Crippen LogP contribution in [0.15, 0.2) is 0 Å². The van der Waals surface area contributed by atoms with Crippen molar-refractivity contribution in [3.05, 3.63) is 0 Å². The maximum absolute atomic E-state index is 10.8. The zero-order valence-corrected chi connectivity index (χ0v) is 9.04. The summed E-state index contributed by atoms with van der Waals surface area (Å²) in [6.45, 7) is 0.439. The molecule has 1 unspecified atom stereocenters. The number of carbonyl (C=O) groups excluding carboxylic acids is 1. The summed E-state index contributed by atoms with van der Waals surface area (Å²) in [5.74, 6) is -0.508. The third-order valence-electron chi connectivity index (χ3n) is 3.18. The number of nitrogens with two attached hydrogens (primary N) is 2. The summed E-state index contributed by atoms with van der Waals surface area (Å²) in [6.07, 6.45) is 5.31. The number of hydrogen-bond donors (Lipinski definition) is 4. The van der Waals surface area contributed by atoms with Gasteiger partial charge in [0, 0.05) is 12.1 Å². The molecule has 1 aliphatic rings. The van der Waals surface area contributed by atoms with E-state index in [-0.39, 0.29) is 12.1 Å².